The number of hydrogen-bond donors (Lipinski definition) is 3. The summed E-state index contributed by atoms with van der Waals surface area (Å²) in [7, 11) is 1.57. The second-order valence-electron chi connectivity index (χ2n) is 4.11. The van der Waals surface area contributed by atoms with Crippen molar-refractivity contribution < 1.29 is 19.7 Å². The summed E-state index contributed by atoms with van der Waals surface area (Å²) in [5, 5.41) is 18.5. The van der Waals surface area contributed by atoms with Crippen molar-refractivity contribution in [3.8, 4) is 5.75 Å². The van der Waals surface area contributed by atoms with Gasteiger partial charge < -0.3 is 20.7 Å². The molecule has 0 bridgehead atoms. The Bertz CT molecular complexity index is 386. The number of aliphatic carboxylic acids is 1. The highest BCUT2D eigenvalue weighted by molar-refractivity contribution is 5.77. The van der Waals surface area contributed by atoms with Crippen LogP contribution in [-0.4, -0.2) is 34.9 Å². The van der Waals surface area contributed by atoms with Crippen molar-refractivity contribution in [1.82, 2.24) is 0 Å². The fraction of sp³-hybridized carbons (Fsp3) is 0.417. The molecule has 0 heterocycles. The van der Waals surface area contributed by atoms with Crippen molar-refractivity contribution in [2.75, 3.05) is 7.11 Å². The Labute approximate surface area is 99.8 Å². The van der Waals surface area contributed by atoms with Crippen molar-refractivity contribution in [3.05, 3.63) is 29.8 Å². The van der Waals surface area contributed by atoms with Gasteiger partial charge in [0.15, 0.2) is 5.60 Å². The van der Waals surface area contributed by atoms with Gasteiger partial charge in [-0.15, -0.1) is 0 Å². The number of aliphatic hydroxyl groups is 1. The summed E-state index contributed by atoms with van der Waals surface area (Å²) in [4.78, 5) is 10.8. The molecule has 2 unspecified atom stereocenters. The van der Waals surface area contributed by atoms with Crippen LogP contribution in [-0.2, 0) is 11.2 Å². The molecule has 0 aromatic heterocycles. The van der Waals surface area contributed by atoms with Crippen LogP contribution >= 0.6 is 0 Å². The smallest absolute Gasteiger partial charge is 0.337 e. The molecule has 94 valence electrons. The minimum atomic E-state index is -1.93. The van der Waals surface area contributed by atoms with Crippen LogP contribution < -0.4 is 10.5 Å². The number of carboxylic acid groups (broad SMARTS) is 1. The van der Waals surface area contributed by atoms with E-state index in [1.54, 1.807) is 31.4 Å². The van der Waals surface area contributed by atoms with E-state index < -0.39 is 17.6 Å². The molecule has 0 aliphatic carbocycles. The predicted octanol–water partition coefficient (Wildman–Crippen LogP) is 0.401. The van der Waals surface area contributed by atoms with Crippen molar-refractivity contribution in [2.45, 2.75) is 25.0 Å². The first kappa shape index (κ1) is 13.5. The van der Waals surface area contributed by atoms with Crippen LogP contribution in [0.1, 0.15) is 12.5 Å². The quantitative estimate of drug-likeness (QED) is 0.691. The molecule has 0 fully saturated rings. The van der Waals surface area contributed by atoms with Crippen LogP contribution in [0.4, 0.5) is 0 Å². The average molecular weight is 239 g/mol. The minimum absolute atomic E-state index is 0.281. The van der Waals surface area contributed by atoms with E-state index in [9.17, 15) is 9.90 Å². The Kier molecular flexibility index (Phi) is 4.09. The van der Waals surface area contributed by atoms with Crippen molar-refractivity contribution >= 4 is 5.97 Å². The van der Waals surface area contributed by atoms with Gasteiger partial charge in [-0.05, 0) is 31.0 Å². The lowest BCUT2D eigenvalue weighted by Crippen LogP contribution is -2.52. The highest BCUT2D eigenvalue weighted by atomic mass is 16.5. The summed E-state index contributed by atoms with van der Waals surface area (Å²) in [6.07, 6.45) is 0.281. The largest absolute Gasteiger partial charge is 0.497 e. The van der Waals surface area contributed by atoms with E-state index in [-0.39, 0.29) is 6.42 Å². The Balaban J connectivity index is 2.74. The summed E-state index contributed by atoms with van der Waals surface area (Å²) in [5.41, 5.74) is 4.61. The number of carbonyl (C=O) groups is 1. The van der Waals surface area contributed by atoms with Crippen LogP contribution in [0.25, 0.3) is 0 Å². The Hall–Kier alpha value is -1.59. The van der Waals surface area contributed by atoms with E-state index in [0.717, 1.165) is 5.56 Å². The normalized spacial score (nSPS) is 16.0. The Morgan fingerprint density at radius 3 is 2.41 bits per heavy atom. The third-order valence-corrected chi connectivity index (χ3v) is 2.77. The van der Waals surface area contributed by atoms with Crippen molar-refractivity contribution in [3.63, 3.8) is 0 Å². The number of ether oxygens (including phenoxy) is 1. The molecule has 0 amide bonds. The molecule has 2 atom stereocenters. The molecule has 0 aliphatic heterocycles. The lowest BCUT2D eigenvalue weighted by molar-refractivity contribution is -0.158. The molecule has 5 heteroatoms. The average Bonchev–Trinajstić information content (AvgIpc) is 2.29. The molecule has 17 heavy (non-hydrogen) atoms. The first-order chi connectivity index (χ1) is 7.87. The third-order valence-electron chi connectivity index (χ3n) is 2.77. The SMILES string of the molecule is COc1ccc(CC(N)C(C)(O)C(=O)O)cc1. The van der Waals surface area contributed by atoms with Crippen LogP contribution in [0.5, 0.6) is 5.75 Å². The van der Waals surface area contributed by atoms with Gasteiger partial charge in [-0.1, -0.05) is 12.1 Å². The highest BCUT2D eigenvalue weighted by Gasteiger charge is 2.36. The fourth-order valence-electron chi connectivity index (χ4n) is 1.37. The van der Waals surface area contributed by atoms with Crippen molar-refractivity contribution in [1.29, 1.82) is 0 Å². The zero-order valence-corrected chi connectivity index (χ0v) is 9.88. The molecule has 0 aliphatic rings. The van der Waals surface area contributed by atoms with Gasteiger partial charge in [0.25, 0.3) is 0 Å². The highest BCUT2D eigenvalue weighted by Crippen LogP contribution is 2.16. The monoisotopic (exact) mass is 239 g/mol. The molecule has 4 N–H and O–H groups in total. The zero-order chi connectivity index (χ0) is 13.1. The Morgan fingerprint density at radius 2 is 2.00 bits per heavy atom. The van der Waals surface area contributed by atoms with Gasteiger partial charge in [-0.25, -0.2) is 4.79 Å². The molecular formula is C12H17NO4. The lowest BCUT2D eigenvalue weighted by Gasteiger charge is -2.25. The first-order valence-electron chi connectivity index (χ1n) is 5.22. The van der Waals surface area contributed by atoms with Gasteiger partial charge in [-0.2, -0.15) is 0 Å². The van der Waals surface area contributed by atoms with Gasteiger partial charge in [0.05, 0.1) is 7.11 Å². The predicted molar refractivity (Wildman–Crippen MR) is 62.9 cm³/mol. The van der Waals surface area contributed by atoms with E-state index in [4.69, 9.17) is 15.6 Å². The Morgan fingerprint density at radius 1 is 1.47 bits per heavy atom. The first-order valence-corrected chi connectivity index (χ1v) is 5.22. The number of rotatable bonds is 5. The number of carboxylic acids is 1. The van der Waals surface area contributed by atoms with Crippen LogP contribution in [0.3, 0.4) is 0 Å². The minimum Gasteiger partial charge on any atom is -0.497 e. The molecule has 0 radical (unpaired) electrons. The fourth-order valence-corrected chi connectivity index (χ4v) is 1.37. The molecular weight excluding hydrogens is 222 g/mol. The van der Waals surface area contributed by atoms with Crippen LogP contribution in [0, 0.1) is 0 Å². The van der Waals surface area contributed by atoms with Crippen LogP contribution in [0.2, 0.25) is 0 Å². The van der Waals surface area contributed by atoms with Gasteiger partial charge in [0.2, 0.25) is 0 Å². The number of methoxy groups -OCH3 is 1. The maximum absolute atomic E-state index is 10.8. The molecule has 1 aromatic carbocycles. The molecule has 0 spiro atoms. The van der Waals surface area contributed by atoms with E-state index in [2.05, 4.69) is 0 Å². The molecule has 0 saturated heterocycles. The van der Waals surface area contributed by atoms with E-state index in [0.29, 0.717) is 5.75 Å². The summed E-state index contributed by atoms with van der Waals surface area (Å²) in [5.74, 6) is -0.606. The summed E-state index contributed by atoms with van der Waals surface area (Å²) < 4.78 is 5.00. The standard InChI is InChI=1S/C12H17NO4/c1-12(16,11(14)15)10(13)7-8-3-5-9(17-2)6-4-8/h3-6,10,16H,7,13H2,1-2H3,(H,14,15). The number of nitrogens with two attached hydrogens (primary N) is 1. The number of benzene rings is 1. The van der Waals surface area contributed by atoms with Crippen LogP contribution in [0.15, 0.2) is 24.3 Å². The lowest BCUT2D eigenvalue weighted by atomic mass is 9.91. The maximum Gasteiger partial charge on any atom is 0.337 e. The molecule has 0 saturated carbocycles. The van der Waals surface area contributed by atoms with Gasteiger partial charge in [-0.3, -0.25) is 0 Å². The topological polar surface area (TPSA) is 92.8 Å². The maximum atomic E-state index is 10.8. The summed E-state index contributed by atoms with van der Waals surface area (Å²) >= 11 is 0. The zero-order valence-electron chi connectivity index (χ0n) is 9.88. The van der Waals surface area contributed by atoms with Gasteiger partial charge in [0, 0.05) is 6.04 Å². The van der Waals surface area contributed by atoms with Gasteiger partial charge >= 0.3 is 5.97 Å². The molecule has 5 nitrogen and oxygen atoms in total. The molecule has 1 rings (SSSR count). The van der Waals surface area contributed by atoms with Crippen molar-refractivity contribution in [2.24, 2.45) is 5.73 Å². The molecule has 1 aromatic rings. The number of hydrogen-bond acceptors (Lipinski definition) is 4. The summed E-state index contributed by atoms with van der Waals surface area (Å²) in [6.45, 7) is 1.20. The second kappa shape index (κ2) is 5.16. The van der Waals surface area contributed by atoms with E-state index in [1.807, 2.05) is 0 Å². The van der Waals surface area contributed by atoms with E-state index in [1.165, 1.54) is 6.92 Å². The second-order valence-corrected chi connectivity index (χ2v) is 4.11. The summed E-state index contributed by atoms with van der Waals surface area (Å²) in [6, 6.07) is 6.23. The third kappa shape index (κ3) is 3.18. The van der Waals surface area contributed by atoms with Gasteiger partial charge in [0.1, 0.15) is 5.75 Å². The van der Waals surface area contributed by atoms with E-state index >= 15 is 0 Å².